The van der Waals surface area contributed by atoms with Crippen LogP contribution in [0, 0.1) is 0 Å². The Balaban J connectivity index is 1.57. The second-order valence-electron chi connectivity index (χ2n) is 7.73. The van der Waals surface area contributed by atoms with Gasteiger partial charge in [0.1, 0.15) is 18.7 Å². The quantitative estimate of drug-likeness (QED) is 0.551. The van der Waals surface area contributed by atoms with Gasteiger partial charge in [-0.15, -0.1) is 0 Å². The van der Waals surface area contributed by atoms with Crippen molar-refractivity contribution < 1.29 is 37.4 Å². The number of carboxylic acid groups (broad SMARTS) is 1. The van der Waals surface area contributed by atoms with E-state index in [9.17, 15) is 27.6 Å². The van der Waals surface area contributed by atoms with Crippen LogP contribution >= 0.6 is 0 Å². The molecule has 2 amide bonds. The first-order valence-corrected chi connectivity index (χ1v) is 10.3. The lowest BCUT2D eigenvalue weighted by atomic mass is 9.98. The van der Waals surface area contributed by atoms with Gasteiger partial charge < -0.3 is 20.5 Å². The maximum atomic E-state index is 13.1. The maximum absolute atomic E-state index is 13.1. The van der Waals surface area contributed by atoms with E-state index in [0.29, 0.717) is 0 Å². The number of hydrogen-bond acceptors (Lipinski definition) is 4. The van der Waals surface area contributed by atoms with Crippen molar-refractivity contribution in [2.75, 3.05) is 6.61 Å². The molecule has 2 aromatic rings. The smallest absolute Gasteiger partial charge is 0.408 e. The molecular weight excluding hydrogens is 441 g/mol. The summed E-state index contributed by atoms with van der Waals surface area (Å²) in [7, 11) is 0. The van der Waals surface area contributed by atoms with Crippen molar-refractivity contribution in [2.45, 2.75) is 43.9 Å². The van der Waals surface area contributed by atoms with Crippen molar-refractivity contribution in [1.82, 2.24) is 10.6 Å². The summed E-state index contributed by atoms with van der Waals surface area (Å²) >= 11 is 0. The predicted molar refractivity (Wildman–Crippen MR) is 113 cm³/mol. The molecule has 3 N–H and O–H groups in total. The molecule has 2 aromatic carbocycles. The van der Waals surface area contributed by atoms with Gasteiger partial charge in [0.05, 0.1) is 0 Å². The van der Waals surface area contributed by atoms with Gasteiger partial charge in [-0.25, -0.2) is 4.79 Å². The highest BCUT2D eigenvalue weighted by atomic mass is 19.4. The van der Waals surface area contributed by atoms with E-state index in [0.717, 1.165) is 22.3 Å². The van der Waals surface area contributed by atoms with Gasteiger partial charge in [-0.3, -0.25) is 9.59 Å². The van der Waals surface area contributed by atoms with Crippen LogP contribution in [-0.2, 0) is 14.3 Å². The Bertz CT molecular complexity index is 995. The molecule has 1 unspecified atom stereocenters. The number of aliphatic carboxylic acids is 1. The molecule has 0 bridgehead atoms. The molecule has 0 fully saturated rings. The van der Waals surface area contributed by atoms with Crippen LogP contribution in [0.25, 0.3) is 11.1 Å². The van der Waals surface area contributed by atoms with E-state index in [1.54, 1.807) is 5.32 Å². The van der Waals surface area contributed by atoms with E-state index in [-0.39, 0.29) is 12.5 Å². The van der Waals surface area contributed by atoms with Crippen LogP contribution in [0.3, 0.4) is 0 Å². The molecule has 33 heavy (non-hydrogen) atoms. The van der Waals surface area contributed by atoms with Crippen LogP contribution < -0.4 is 10.6 Å². The highest BCUT2D eigenvalue weighted by molar-refractivity contribution is 5.85. The van der Waals surface area contributed by atoms with Crippen LogP contribution in [0.5, 0.6) is 0 Å². The number of amides is 2. The van der Waals surface area contributed by atoms with Crippen LogP contribution in [0.15, 0.2) is 48.5 Å². The van der Waals surface area contributed by atoms with Gasteiger partial charge in [-0.05, 0) is 35.6 Å². The summed E-state index contributed by atoms with van der Waals surface area (Å²) in [6.07, 6.45) is -7.36. The molecule has 3 rings (SSSR count). The van der Waals surface area contributed by atoms with Crippen LogP contribution in [-0.4, -0.2) is 47.9 Å². The maximum Gasteiger partial charge on any atom is 0.408 e. The SMILES string of the molecule is CC(NC(=O)OCC1c2ccccc2-c2ccccc21)C(=O)N[C@@H](CCC(=O)O)C(F)(F)F. The van der Waals surface area contributed by atoms with E-state index in [1.807, 2.05) is 48.5 Å². The molecule has 176 valence electrons. The molecule has 0 aromatic heterocycles. The highest BCUT2D eigenvalue weighted by Gasteiger charge is 2.41. The molecule has 1 aliphatic rings. The fourth-order valence-corrected chi connectivity index (χ4v) is 3.76. The minimum Gasteiger partial charge on any atom is -0.481 e. The van der Waals surface area contributed by atoms with E-state index in [4.69, 9.17) is 9.84 Å². The third-order valence-corrected chi connectivity index (χ3v) is 5.43. The third kappa shape index (κ3) is 5.82. The molecule has 1 aliphatic carbocycles. The van der Waals surface area contributed by atoms with Crippen LogP contribution in [0.4, 0.5) is 18.0 Å². The number of nitrogens with one attached hydrogen (secondary N) is 2. The van der Waals surface area contributed by atoms with Crippen molar-refractivity contribution in [1.29, 1.82) is 0 Å². The Hall–Kier alpha value is -3.56. The van der Waals surface area contributed by atoms with Crippen LogP contribution in [0.2, 0.25) is 0 Å². The minimum atomic E-state index is -4.82. The Labute approximate surface area is 187 Å². The largest absolute Gasteiger partial charge is 0.481 e. The molecule has 2 atom stereocenters. The molecule has 0 radical (unpaired) electrons. The fraction of sp³-hybridized carbons (Fsp3) is 0.348. The lowest BCUT2D eigenvalue weighted by Crippen LogP contribution is -2.52. The minimum absolute atomic E-state index is 0.0159. The normalized spacial score (nSPS) is 14.5. The first kappa shape index (κ1) is 24.1. The highest BCUT2D eigenvalue weighted by Crippen LogP contribution is 2.44. The standard InChI is InChI=1S/C23H23F3N2O5/c1-13(21(31)28-19(23(24,25)26)10-11-20(29)30)27-22(32)33-12-18-16-8-4-2-6-14(16)15-7-3-5-9-17(15)18/h2-9,13,18-19H,10-12H2,1H3,(H,27,32)(H,28,31)(H,29,30)/t13?,19-/m0/s1. The lowest BCUT2D eigenvalue weighted by molar-refractivity contribution is -0.165. The number of carbonyl (C=O) groups is 3. The second-order valence-corrected chi connectivity index (χ2v) is 7.73. The Morgan fingerprint density at radius 3 is 2.06 bits per heavy atom. The summed E-state index contributed by atoms with van der Waals surface area (Å²) in [6.45, 7) is 1.19. The van der Waals surface area contributed by atoms with Gasteiger partial charge in [0.25, 0.3) is 0 Å². The molecular formula is C23H23F3N2O5. The summed E-state index contributed by atoms with van der Waals surface area (Å²) in [4.78, 5) is 34.9. The third-order valence-electron chi connectivity index (χ3n) is 5.43. The van der Waals surface area contributed by atoms with Gasteiger partial charge in [0.2, 0.25) is 5.91 Å². The number of halogens is 3. The Morgan fingerprint density at radius 2 is 1.55 bits per heavy atom. The molecule has 0 spiro atoms. The van der Waals surface area contributed by atoms with Gasteiger partial charge in [0.15, 0.2) is 0 Å². The number of fused-ring (bicyclic) bond motifs is 3. The summed E-state index contributed by atoms with van der Waals surface area (Å²) in [6, 6.07) is 11.7. The van der Waals surface area contributed by atoms with Crippen LogP contribution in [0.1, 0.15) is 36.8 Å². The molecule has 10 heteroatoms. The van der Waals surface area contributed by atoms with Gasteiger partial charge in [-0.1, -0.05) is 48.5 Å². The number of carboxylic acids is 1. The number of alkyl carbamates (subject to hydrolysis) is 1. The summed E-state index contributed by atoms with van der Waals surface area (Å²) < 4.78 is 44.5. The molecule has 0 aliphatic heterocycles. The number of ether oxygens (including phenoxy) is 1. The Morgan fingerprint density at radius 1 is 1.00 bits per heavy atom. The molecule has 0 saturated heterocycles. The average molecular weight is 464 g/mol. The van der Waals surface area contributed by atoms with Crippen molar-refractivity contribution in [3.05, 3.63) is 59.7 Å². The zero-order valence-electron chi connectivity index (χ0n) is 17.7. The predicted octanol–water partition coefficient (Wildman–Crippen LogP) is 3.83. The fourth-order valence-electron chi connectivity index (χ4n) is 3.76. The van der Waals surface area contributed by atoms with Crippen molar-refractivity contribution >= 4 is 18.0 Å². The van der Waals surface area contributed by atoms with E-state index >= 15 is 0 Å². The number of alkyl halides is 3. The molecule has 7 nitrogen and oxygen atoms in total. The van der Waals surface area contributed by atoms with Crippen molar-refractivity contribution in [2.24, 2.45) is 0 Å². The summed E-state index contributed by atoms with van der Waals surface area (Å²) in [5.41, 5.74) is 4.05. The van der Waals surface area contributed by atoms with E-state index < -0.39 is 49.1 Å². The topological polar surface area (TPSA) is 105 Å². The number of rotatable bonds is 8. The molecule has 0 saturated carbocycles. The number of benzene rings is 2. The second kappa shape index (κ2) is 9.93. The lowest BCUT2D eigenvalue weighted by Gasteiger charge is -2.23. The zero-order valence-corrected chi connectivity index (χ0v) is 17.7. The monoisotopic (exact) mass is 464 g/mol. The first-order valence-electron chi connectivity index (χ1n) is 10.3. The van der Waals surface area contributed by atoms with Gasteiger partial charge >= 0.3 is 18.2 Å². The van der Waals surface area contributed by atoms with Gasteiger partial charge in [-0.2, -0.15) is 13.2 Å². The zero-order chi connectivity index (χ0) is 24.2. The molecule has 0 heterocycles. The van der Waals surface area contributed by atoms with Gasteiger partial charge in [0, 0.05) is 12.3 Å². The van der Waals surface area contributed by atoms with E-state index in [1.165, 1.54) is 6.92 Å². The van der Waals surface area contributed by atoms with E-state index in [2.05, 4.69) is 5.32 Å². The van der Waals surface area contributed by atoms with Crippen molar-refractivity contribution in [3.8, 4) is 11.1 Å². The number of carbonyl (C=O) groups excluding carboxylic acids is 2. The first-order chi connectivity index (χ1) is 15.6. The Kier molecular flexibility index (Phi) is 7.25. The summed E-state index contributed by atoms with van der Waals surface area (Å²) in [5.74, 6) is -2.72. The van der Waals surface area contributed by atoms with Crippen molar-refractivity contribution in [3.63, 3.8) is 0 Å². The average Bonchev–Trinajstić information content (AvgIpc) is 3.07. The summed E-state index contributed by atoms with van der Waals surface area (Å²) in [5, 5.41) is 12.6. The number of hydrogen-bond donors (Lipinski definition) is 3.